The molecule has 0 unspecified atom stereocenters. The fourth-order valence-corrected chi connectivity index (χ4v) is 4.02. The molecule has 3 aromatic carbocycles. The summed E-state index contributed by atoms with van der Waals surface area (Å²) in [4.78, 5) is 0. The highest BCUT2D eigenvalue weighted by atomic mass is 16.7. The number of fused-ring (bicyclic) bond motifs is 5. The molecule has 1 aliphatic rings. The maximum atomic E-state index is 6.26. The van der Waals surface area contributed by atoms with Crippen molar-refractivity contribution in [3.05, 3.63) is 66.2 Å². The summed E-state index contributed by atoms with van der Waals surface area (Å²) in [7, 11) is 0. The van der Waals surface area contributed by atoms with E-state index in [1.54, 1.807) is 0 Å². The molecule has 2 aromatic heterocycles. The van der Waals surface area contributed by atoms with Gasteiger partial charge in [-0.05, 0) is 37.3 Å². The normalized spacial score (nSPS) is 16.5. The Labute approximate surface area is 160 Å². The average molecular weight is 371 g/mol. The first-order chi connectivity index (χ1) is 13.7. The second-order valence-corrected chi connectivity index (χ2v) is 7.17. The van der Waals surface area contributed by atoms with Crippen molar-refractivity contribution in [1.29, 1.82) is 0 Å². The predicted octanol–water partition coefficient (Wildman–Crippen LogP) is 5.61. The highest BCUT2D eigenvalue weighted by Crippen LogP contribution is 2.40. The zero-order valence-corrected chi connectivity index (χ0v) is 15.3. The maximum Gasteiger partial charge on any atom is 0.192 e. The van der Waals surface area contributed by atoms with Gasteiger partial charge in [0.1, 0.15) is 16.7 Å². The van der Waals surface area contributed by atoms with Crippen LogP contribution in [0.3, 0.4) is 0 Å². The van der Waals surface area contributed by atoms with E-state index in [-0.39, 0.29) is 0 Å². The Kier molecular flexibility index (Phi) is 3.21. The van der Waals surface area contributed by atoms with Crippen molar-refractivity contribution in [2.45, 2.75) is 12.7 Å². The number of furan rings is 1. The molecule has 0 saturated carbocycles. The smallest absolute Gasteiger partial charge is 0.192 e. The Morgan fingerprint density at radius 3 is 2.54 bits per heavy atom. The van der Waals surface area contributed by atoms with Crippen LogP contribution in [0, 0.1) is 0 Å². The van der Waals surface area contributed by atoms with Gasteiger partial charge in [0.2, 0.25) is 0 Å². The van der Waals surface area contributed by atoms with Crippen molar-refractivity contribution in [1.82, 2.24) is 5.16 Å². The Morgan fingerprint density at radius 2 is 1.71 bits per heavy atom. The van der Waals surface area contributed by atoms with Crippen LogP contribution in [0.25, 0.3) is 44.2 Å². The summed E-state index contributed by atoms with van der Waals surface area (Å²) in [5, 5.41) is 7.16. The van der Waals surface area contributed by atoms with Gasteiger partial charge >= 0.3 is 0 Å². The molecule has 0 amide bonds. The summed E-state index contributed by atoms with van der Waals surface area (Å²) in [6.07, 6.45) is 0. The largest absolute Gasteiger partial charge is 0.455 e. The van der Waals surface area contributed by atoms with Gasteiger partial charge < -0.3 is 18.4 Å². The van der Waals surface area contributed by atoms with Crippen LogP contribution in [-0.4, -0.2) is 18.4 Å². The lowest BCUT2D eigenvalue weighted by molar-refractivity contribution is -0.149. The third-order valence-corrected chi connectivity index (χ3v) is 5.48. The lowest BCUT2D eigenvalue weighted by atomic mass is 10.0. The van der Waals surface area contributed by atoms with Crippen molar-refractivity contribution in [3.63, 3.8) is 0 Å². The first-order valence-corrected chi connectivity index (χ1v) is 9.31. The molecule has 3 heterocycles. The van der Waals surface area contributed by atoms with Crippen molar-refractivity contribution in [2.75, 3.05) is 13.2 Å². The van der Waals surface area contributed by atoms with Crippen LogP contribution in [0.15, 0.2) is 69.6 Å². The van der Waals surface area contributed by atoms with Gasteiger partial charge in [0.15, 0.2) is 11.5 Å². The molecule has 5 aromatic rings. The minimum Gasteiger partial charge on any atom is -0.455 e. The third kappa shape index (κ3) is 2.17. The molecule has 0 atom stereocenters. The number of benzene rings is 3. The molecule has 0 bridgehead atoms. The second kappa shape index (κ2) is 5.67. The van der Waals surface area contributed by atoms with Gasteiger partial charge in [-0.1, -0.05) is 35.5 Å². The van der Waals surface area contributed by atoms with Gasteiger partial charge in [-0.15, -0.1) is 0 Å². The number of aromatic nitrogens is 1. The molecule has 138 valence electrons. The average Bonchev–Trinajstić information content (AvgIpc) is 3.44. The van der Waals surface area contributed by atoms with Gasteiger partial charge in [-0.3, -0.25) is 0 Å². The molecule has 0 spiro atoms. The molecule has 28 heavy (non-hydrogen) atoms. The minimum absolute atomic E-state index is 0.600. The van der Waals surface area contributed by atoms with E-state index >= 15 is 0 Å². The molecule has 6 rings (SSSR count). The van der Waals surface area contributed by atoms with Crippen molar-refractivity contribution >= 4 is 32.8 Å². The molecule has 5 heteroatoms. The summed E-state index contributed by atoms with van der Waals surface area (Å²) in [5.41, 5.74) is 4.32. The molecular weight excluding hydrogens is 354 g/mol. The van der Waals surface area contributed by atoms with Crippen molar-refractivity contribution in [3.8, 4) is 11.3 Å². The van der Waals surface area contributed by atoms with Gasteiger partial charge in [-0.2, -0.15) is 0 Å². The fraction of sp³-hybridized carbons (Fsp3) is 0.174. The summed E-state index contributed by atoms with van der Waals surface area (Å²) < 4.78 is 23.6. The quantitative estimate of drug-likeness (QED) is 0.403. The van der Waals surface area contributed by atoms with E-state index in [4.69, 9.17) is 18.4 Å². The van der Waals surface area contributed by atoms with Crippen LogP contribution in [0.1, 0.15) is 12.5 Å². The van der Waals surface area contributed by atoms with Crippen molar-refractivity contribution in [2.24, 2.45) is 0 Å². The second-order valence-electron chi connectivity index (χ2n) is 7.17. The zero-order valence-electron chi connectivity index (χ0n) is 15.3. The van der Waals surface area contributed by atoms with Gasteiger partial charge in [0, 0.05) is 21.9 Å². The number of nitrogens with zero attached hydrogens (tertiary/aromatic N) is 1. The number of hydrogen-bond acceptors (Lipinski definition) is 5. The molecule has 0 radical (unpaired) electrons. The topological polar surface area (TPSA) is 57.6 Å². The Hall–Kier alpha value is -3.15. The third-order valence-electron chi connectivity index (χ3n) is 5.48. The Bertz CT molecular complexity index is 1330. The lowest BCUT2D eigenvalue weighted by Gasteiger charge is -2.22. The first kappa shape index (κ1) is 15.9. The zero-order chi connectivity index (χ0) is 18.7. The van der Waals surface area contributed by atoms with E-state index in [0.29, 0.717) is 13.2 Å². The van der Waals surface area contributed by atoms with E-state index in [1.165, 1.54) is 0 Å². The van der Waals surface area contributed by atoms with Gasteiger partial charge in [-0.25, -0.2) is 0 Å². The van der Waals surface area contributed by atoms with Crippen LogP contribution in [0.4, 0.5) is 0 Å². The standard InChI is InChI=1S/C23H17NO4/c1-23(25-11-12-26-23)15-7-10-19-17(13-15)16-8-9-18-20(22(16)27-19)21(28-24-18)14-5-3-2-4-6-14/h2-10,13H,11-12H2,1H3. The van der Waals surface area contributed by atoms with E-state index in [0.717, 1.165) is 49.7 Å². The molecule has 1 aliphatic heterocycles. The first-order valence-electron chi connectivity index (χ1n) is 9.31. The summed E-state index contributed by atoms with van der Waals surface area (Å²) in [5.74, 6) is 0.00349. The number of hydrogen-bond donors (Lipinski definition) is 0. The predicted molar refractivity (Wildman–Crippen MR) is 106 cm³/mol. The molecular formula is C23H17NO4. The summed E-state index contributed by atoms with van der Waals surface area (Å²) in [6, 6.07) is 20.0. The molecule has 5 nitrogen and oxygen atoms in total. The Morgan fingerprint density at radius 1 is 0.893 bits per heavy atom. The Balaban J connectivity index is 1.64. The van der Waals surface area contributed by atoms with Gasteiger partial charge in [0.05, 0.1) is 18.6 Å². The van der Waals surface area contributed by atoms with Crippen LogP contribution in [-0.2, 0) is 15.3 Å². The van der Waals surface area contributed by atoms with Crippen LogP contribution in [0.2, 0.25) is 0 Å². The van der Waals surface area contributed by atoms with Crippen LogP contribution < -0.4 is 0 Å². The van der Waals surface area contributed by atoms with E-state index in [2.05, 4.69) is 11.2 Å². The highest BCUT2D eigenvalue weighted by Gasteiger charge is 2.33. The molecule has 0 N–H and O–H groups in total. The van der Waals surface area contributed by atoms with E-state index in [9.17, 15) is 0 Å². The van der Waals surface area contributed by atoms with Crippen LogP contribution in [0.5, 0.6) is 0 Å². The highest BCUT2D eigenvalue weighted by molar-refractivity contribution is 6.17. The maximum absolute atomic E-state index is 6.26. The van der Waals surface area contributed by atoms with E-state index < -0.39 is 5.79 Å². The minimum atomic E-state index is -0.714. The SMILES string of the molecule is CC1(c2ccc3oc4c(ccc5noc(-c6ccccc6)c54)c3c2)OCCO1. The summed E-state index contributed by atoms with van der Waals surface area (Å²) >= 11 is 0. The van der Waals surface area contributed by atoms with E-state index in [1.807, 2.05) is 61.5 Å². The van der Waals surface area contributed by atoms with Crippen molar-refractivity contribution < 1.29 is 18.4 Å². The summed E-state index contributed by atoms with van der Waals surface area (Å²) in [6.45, 7) is 3.15. The number of ether oxygens (including phenoxy) is 2. The fourth-order valence-electron chi connectivity index (χ4n) is 4.02. The monoisotopic (exact) mass is 371 g/mol. The van der Waals surface area contributed by atoms with Crippen LogP contribution >= 0.6 is 0 Å². The number of rotatable bonds is 2. The molecule has 1 fully saturated rings. The van der Waals surface area contributed by atoms with Gasteiger partial charge in [0.25, 0.3) is 0 Å². The molecule has 0 aliphatic carbocycles. The lowest BCUT2D eigenvalue weighted by Crippen LogP contribution is -2.22. The molecule has 1 saturated heterocycles.